The third-order valence-electron chi connectivity index (χ3n) is 4.46. The molecule has 6 heteroatoms. The average molecular weight is 354 g/mol. The van der Waals surface area contributed by atoms with Crippen LogP contribution >= 0.6 is 0 Å². The van der Waals surface area contributed by atoms with E-state index < -0.39 is 11.9 Å². The van der Waals surface area contributed by atoms with Crippen LogP contribution in [0.15, 0.2) is 36.7 Å². The van der Waals surface area contributed by atoms with Crippen molar-refractivity contribution in [2.45, 2.75) is 33.2 Å². The normalized spacial score (nSPS) is 12.5. The summed E-state index contributed by atoms with van der Waals surface area (Å²) >= 11 is 0. The van der Waals surface area contributed by atoms with Gasteiger partial charge in [-0.25, -0.2) is 9.37 Å². The van der Waals surface area contributed by atoms with Crippen LogP contribution in [0.25, 0.3) is 22.2 Å². The minimum Gasteiger partial charge on any atom is -0.346 e. The molecule has 0 aliphatic rings. The van der Waals surface area contributed by atoms with Crippen LogP contribution < -0.4 is 11.1 Å². The van der Waals surface area contributed by atoms with Gasteiger partial charge in [-0.3, -0.25) is 4.79 Å². The SMILES string of the molecule is Cc1c(-c2ccnc3[nH]ccc23)ccc(NC(=O)[C@H](N)CC(C)C)c1F. The van der Waals surface area contributed by atoms with Crippen molar-refractivity contribution in [2.75, 3.05) is 5.32 Å². The number of nitrogens with zero attached hydrogens (tertiary/aromatic N) is 1. The number of halogens is 1. The van der Waals surface area contributed by atoms with Crippen molar-refractivity contribution in [3.63, 3.8) is 0 Å². The van der Waals surface area contributed by atoms with Crippen LogP contribution in [0.1, 0.15) is 25.8 Å². The Kier molecular flexibility index (Phi) is 5.04. The summed E-state index contributed by atoms with van der Waals surface area (Å²) in [5, 5.41) is 3.53. The Bertz CT molecular complexity index is 948. The molecular formula is C20H23FN4O. The Balaban J connectivity index is 1.92. The number of benzene rings is 1. The quantitative estimate of drug-likeness (QED) is 0.648. The first-order chi connectivity index (χ1) is 12.4. The zero-order chi connectivity index (χ0) is 18.8. The highest BCUT2D eigenvalue weighted by molar-refractivity contribution is 5.97. The van der Waals surface area contributed by atoms with Gasteiger partial charge in [-0.1, -0.05) is 19.9 Å². The molecule has 5 nitrogen and oxygen atoms in total. The topological polar surface area (TPSA) is 83.8 Å². The smallest absolute Gasteiger partial charge is 0.241 e. The number of pyridine rings is 1. The van der Waals surface area contributed by atoms with Crippen molar-refractivity contribution in [3.8, 4) is 11.1 Å². The summed E-state index contributed by atoms with van der Waals surface area (Å²) in [6.07, 6.45) is 4.04. The van der Waals surface area contributed by atoms with E-state index in [1.165, 1.54) is 0 Å². The Morgan fingerprint density at radius 1 is 1.27 bits per heavy atom. The maximum atomic E-state index is 14.9. The molecule has 0 unspecified atom stereocenters. The summed E-state index contributed by atoms with van der Waals surface area (Å²) in [6, 6.07) is 6.50. The highest BCUT2D eigenvalue weighted by Crippen LogP contribution is 2.33. The molecule has 3 rings (SSSR count). The predicted octanol–water partition coefficient (Wildman–Crippen LogP) is 3.99. The second-order valence-corrected chi connectivity index (χ2v) is 6.92. The number of amides is 1. The summed E-state index contributed by atoms with van der Waals surface area (Å²) in [5.41, 5.74) is 8.90. The number of aromatic amines is 1. The molecule has 2 heterocycles. The summed E-state index contributed by atoms with van der Waals surface area (Å²) < 4.78 is 14.9. The van der Waals surface area contributed by atoms with Gasteiger partial charge < -0.3 is 16.0 Å². The monoisotopic (exact) mass is 354 g/mol. The van der Waals surface area contributed by atoms with Gasteiger partial charge in [-0.15, -0.1) is 0 Å². The van der Waals surface area contributed by atoms with Gasteiger partial charge in [0.05, 0.1) is 11.7 Å². The molecule has 26 heavy (non-hydrogen) atoms. The minimum atomic E-state index is -0.658. The van der Waals surface area contributed by atoms with Crippen molar-refractivity contribution in [2.24, 2.45) is 11.7 Å². The van der Waals surface area contributed by atoms with Gasteiger partial charge in [0.2, 0.25) is 5.91 Å². The molecule has 4 N–H and O–H groups in total. The number of anilines is 1. The number of fused-ring (bicyclic) bond motifs is 1. The zero-order valence-electron chi connectivity index (χ0n) is 15.1. The molecule has 0 aliphatic carbocycles. The molecule has 1 amide bonds. The van der Waals surface area contributed by atoms with Gasteiger partial charge in [-0.2, -0.15) is 0 Å². The number of rotatable bonds is 5. The molecule has 0 radical (unpaired) electrons. The van der Waals surface area contributed by atoms with Crippen LogP contribution in [0, 0.1) is 18.7 Å². The molecule has 0 spiro atoms. The average Bonchev–Trinajstić information content (AvgIpc) is 3.07. The zero-order valence-corrected chi connectivity index (χ0v) is 15.1. The van der Waals surface area contributed by atoms with Crippen LogP contribution in [0.3, 0.4) is 0 Å². The summed E-state index contributed by atoms with van der Waals surface area (Å²) in [7, 11) is 0. The Hall–Kier alpha value is -2.73. The largest absolute Gasteiger partial charge is 0.346 e. The molecule has 0 bridgehead atoms. The lowest BCUT2D eigenvalue weighted by molar-refractivity contribution is -0.117. The third kappa shape index (κ3) is 3.46. The Labute approximate surface area is 151 Å². The first kappa shape index (κ1) is 18.1. The molecule has 136 valence electrons. The number of carbonyl (C=O) groups is 1. The van der Waals surface area contributed by atoms with Crippen molar-refractivity contribution < 1.29 is 9.18 Å². The Morgan fingerprint density at radius 3 is 2.77 bits per heavy atom. The standard InChI is InChI=1S/C20H23FN4O/c1-11(2)10-16(22)20(26)25-17-5-4-13(12(3)18(17)21)14-6-8-23-19-15(14)7-9-24-19/h4-9,11,16H,10,22H2,1-3H3,(H,23,24)(H,25,26)/t16-/m1/s1. The minimum absolute atomic E-state index is 0.148. The second-order valence-electron chi connectivity index (χ2n) is 6.92. The van der Waals surface area contributed by atoms with Crippen molar-refractivity contribution >= 4 is 22.6 Å². The number of H-pyrrole nitrogens is 1. The molecule has 0 fully saturated rings. The van der Waals surface area contributed by atoms with Gasteiger partial charge in [0.15, 0.2) is 0 Å². The Morgan fingerprint density at radius 2 is 2.04 bits per heavy atom. The van der Waals surface area contributed by atoms with Gasteiger partial charge in [0.1, 0.15) is 11.5 Å². The molecule has 1 atom stereocenters. The van der Waals surface area contributed by atoms with E-state index in [0.29, 0.717) is 17.9 Å². The predicted molar refractivity (Wildman–Crippen MR) is 102 cm³/mol. The number of aromatic nitrogens is 2. The van der Waals surface area contributed by atoms with Gasteiger partial charge in [-0.05, 0) is 54.2 Å². The van der Waals surface area contributed by atoms with Crippen LogP contribution in [-0.4, -0.2) is 21.9 Å². The number of hydrogen-bond acceptors (Lipinski definition) is 3. The van der Waals surface area contributed by atoms with E-state index in [-0.39, 0.29) is 11.6 Å². The molecule has 2 aromatic heterocycles. The number of nitrogens with two attached hydrogens (primary N) is 1. The number of hydrogen-bond donors (Lipinski definition) is 3. The van der Waals surface area contributed by atoms with Gasteiger partial charge in [0, 0.05) is 17.8 Å². The molecule has 3 aromatic rings. The van der Waals surface area contributed by atoms with E-state index in [0.717, 1.165) is 22.2 Å². The van der Waals surface area contributed by atoms with Crippen LogP contribution in [0.2, 0.25) is 0 Å². The summed E-state index contributed by atoms with van der Waals surface area (Å²) in [6.45, 7) is 5.68. The number of nitrogens with one attached hydrogen (secondary N) is 2. The first-order valence-electron chi connectivity index (χ1n) is 8.66. The fraction of sp³-hybridized carbons (Fsp3) is 0.300. The first-order valence-corrected chi connectivity index (χ1v) is 8.66. The lowest BCUT2D eigenvalue weighted by atomic mass is 9.97. The van der Waals surface area contributed by atoms with Crippen molar-refractivity contribution in [1.29, 1.82) is 0 Å². The maximum Gasteiger partial charge on any atom is 0.241 e. The fourth-order valence-electron chi connectivity index (χ4n) is 3.11. The maximum absolute atomic E-state index is 14.9. The lowest BCUT2D eigenvalue weighted by Gasteiger charge is -2.16. The fourth-order valence-corrected chi connectivity index (χ4v) is 3.11. The summed E-state index contributed by atoms with van der Waals surface area (Å²) in [4.78, 5) is 19.5. The van der Waals surface area contributed by atoms with Gasteiger partial charge >= 0.3 is 0 Å². The molecule has 0 saturated carbocycles. The molecular weight excluding hydrogens is 331 g/mol. The number of carbonyl (C=O) groups excluding carboxylic acids is 1. The highest BCUT2D eigenvalue weighted by Gasteiger charge is 2.19. The van der Waals surface area contributed by atoms with E-state index in [4.69, 9.17) is 5.73 Å². The molecule has 1 aromatic carbocycles. The van der Waals surface area contributed by atoms with Crippen LogP contribution in [0.4, 0.5) is 10.1 Å². The van der Waals surface area contributed by atoms with Crippen LogP contribution in [-0.2, 0) is 4.79 Å². The highest BCUT2D eigenvalue weighted by atomic mass is 19.1. The summed E-state index contributed by atoms with van der Waals surface area (Å²) in [5.74, 6) is -0.532. The van der Waals surface area contributed by atoms with Gasteiger partial charge in [0.25, 0.3) is 0 Å². The van der Waals surface area contributed by atoms with Crippen molar-refractivity contribution in [1.82, 2.24) is 9.97 Å². The third-order valence-corrected chi connectivity index (χ3v) is 4.46. The van der Waals surface area contributed by atoms with E-state index in [1.807, 2.05) is 32.0 Å². The van der Waals surface area contributed by atoms with Crippen LogP contribution in [0.5, 0.6) is 0 Å². The molecule has 0 saturated heterocycles. The van der Waals surface area contributed by atoms with Crippen molar-refractivity contribution in [3.05, 3.63) is 48.0 Å². The second kappa shape index (κ2) is 7.25. The molecule has 0 aliphatic heterocycles. The van der Waals surface area contributed by atoms with E-state index in [1.54, 1.807) is 25.4 Å². The van der Waals surface area contributed by atoms with E-state index >= 15 is 0 Å². The van der Waals surface area contributed by atoms with E-state index in [2.05, 4.69) is 15.3 Å². The van der Waals surface area contributed by atoms with E-state index in [9.17, 15) is 9.18 Å². The lowest BCUT2D eigenvalue weighted by Crippen LogP contribution is -2.36.